The van der Waals surface area contributed by atoms with Gasteiger partial charge in [0.15, 0.2) is 0 Å². The van der Waals surface area contributed by atoms with Gasteiger partial charge in [0.25, 0.3) is 0 Å². The maximum Gasteiger partial charge on any atom is 0.318 e. The Morgan fingerprint density at radius 2 is 1.64 bits per heavy atom. The lowest BCUT2D eigenvalue weighted by atomic mass is 9.99. The number of aliphatic hydroxyl groups excluding tert-OH is 2. The van der Waals surface area contributed by atoms with Crippen LogP contribution < -0.4 is 0 Å². The van der Waals surface area contributed by atoms with E-state index in [0.717, 1.165) is 0 Å². The number of hydrogen-bond acceptors (Lipinski definition) is 5. The van der Waals surface area contributed by atoms with Crippen LogP contribution in [0.15, 0.2) is 0 Å². The minimum atomic E-state index is -2.21. The third kappa shape index (κ3) is 18.0. The van der Waals surface area contributed by atoms with E-state index in [1.54, 1.807) is 0 Å². The van der Waals surface area contributed by atoms with Gasteiger partial charge in [-0.15, -0.1) is 0 Å². The average Bonchev–Trinajstić information content (AvgIpc) is 2.13. The number of aliphatic hydroxyl groups is 2. The van der Waals surface area contributed by atoms with Crippen molar-refractivity contribution in [2.45, 2.75) is 20.8 Å². The largest absolute Gasteiger partial charge is 0.394 e. The SMILES string of the molecule is CO[PH](=O)OCC(C)(C)C.OCCO. The quantitative estimate of drug-likeness (QED) is 0.703. The first-order valence-corrected chi connectivity index (χ1v) is 5.52. The maximum absolute atomic E-state index is 10.6. The summed E-state index contributed by atoms with van der Waals surface area (Å²) in [5.41, 5.74) is 0.0544. The summed E-state index contributed by atoms with van der Waals surface area (Å²) < 4.78 is 19.9. The van der Waals surface area contributed by atoms with Gasteiger partial charge in [0, 0.05) is 7.11 Å². The molecule has 0 amide bonds. The van der Waals surface area contributed by atoms with Gasteiger partial charge in [-0.3, -0.25) is 4.57 Å². The van der Waals surface area contributed by atoms with Crippen LogP contribution in [0.1, 0.15) is 20.8 Å². The number of rotatable bonds is 4. The second kappa shape index (κ2) is 9.62. The summed E-state index contributed by atoms with van der Waals surface area (Å²) in [4.78, 5) is 0. The van der Waals surface area contributed by atoms with Crippen LogP contribution in [-0.2, 0) is 13.6 Å². The van der Waals surface area contributed by atoms with Gasteiger partial charge in [0.05, 0.1) is 19.8 Å². The Bertz CT molecular complexity index is 141. The molecular formula is C8H21O5P. The Hall–Kier alpha value is 0.0700. The van der Waals surface area contributed by atoms with Crippen molar-refractivity contribution in [2.24, 2.45) is 5.41 Å². The molecule has 0 radical (unpaired) electrons. The third-order valence-corrected chi connectivity index (χ3v) is 1.60. The van der Waals surface area contributed by atoms with Gasteiger partial charge in [0.1, 0.15) is 0 Å². The first-order chi connectivity index (χ1) is 6.37. The zero-order valence-corrected chi connectivity index (χ0v) is 10.2. The predicted octanol–water partition coefficient (Wildman–Crippen LogP) is 1.06. The molecule has 0 aromatic rings. The van der Waals surface area contributed by atoms with E-state index in [1.807, 2.05) is 20.8 Å². The summed E-state index contributed by atoms with van der Waals surface area (Å²) in [6.45, 7) is 6.26. The highest BCUT2D eigenvalue weighted by atomic mass is 31.1. The maximum atomic E-state index is 10.6. The van der Waals surface area contributed by atoms with E-state index < -0.39 is 8.25 Å². The van der Waals surface area contributed by atoms with Crippen molar-refractivity contribution in [3.05, 3.63) is 0 Å². The molecule has 5 nitrogen and oxygen atoms in total. The van der Waals surface area contributed by atoms with Crippen LogP contribution in [0, 0.1) is 5.41 Å². The number of hydrogen-bond donors (Lipinski definition) is 2. The molecule has 14 heavy (non-hydrogen) atoms. The van der Waals surface area contributed by atoms with Crippen LogP contribution in [0.5, 0.6) is 0 Å². The molecule has 0 aliphatic heterocycles. The molecule has 0 aliphatic rings. The summed E-state index contributed by atoms with van der Waals surface area (Å²) in [5.74, 6) is 0. The van der Waals surface area contributed by atoms with Gasteiger partial charge < -0.3 is 19.3 Å². The Balaban J connectivity index is 0. The molecule has 1 unspecified atom stereocenters. The Kier molecular flexibility index (Phi) is 11.3. The monoisotopic (exact) mass is 228 g/mol. The second-order valence-electron chi connectivity index (χ2n) is 3.75. The van der Waals surface area contributed by atoms with Crippen LogP contribution in [0.2, 0.25) is 0 Å². The molecule has 0 spiro atoms. The smallest absolute Gasteiger partial charge is 0.318 e. The fraction of sp³-hybridized carbons (Fsp3) is 1.00. The lowest BCUT2D eigenvalue weighted by Gasteiger charge is -2.16. The van der Waals surface area contributed by atoms with Gasteiger partial charge in [-0.2, -0.15) is 0 Å². The van der Waals surface area contributed by atoms with Gasteiger partial charge in [0.2, 0.25) is 0 Å². The predicted molar refractivity (Wildman–Crippen MR) is 55.6 cm³/mol. The lowest BCUT2D eigenvalue weighted by molar-refractivity contribution is 0.177. The van der Waals surface area contributed by atoms with Gasteiger partial charge in [-0.05, 0) is 5.41 Å². The van der Waals surface area contributed by atoms with Crippen molar-refractivity contribution in [2.75, 3.05) is 26.9 Å². The van der Waals surface area contributed by atoms with Crippen molar-refractivity contribution < 1.29 is 23.8 Å². The lowest BCUT2D eigenvalue weighted by Crippen LogP contribution is -2.11. The van der Waals surface area contributed by atoms with Crippen molar-refractivity contribution in [3.8, 4) is 0 Å². The Morgan fingerprint density at radius 3 is 1.86 bits per heavy atom. The average molecular weight is 228 g/mol. The van der Waals surface area contributed by atoms with E-state index in [2.05, 4.69) is 4.52 Å². The Morgan fingerprint density at radius 1 is 1.21 bits per heavy atom. The van der Waals surface area contributed by atoms with Crippen LogP contribution in [-0.4, -0.2) is 37.1 Å². The van der Waals surface area contributed by atoms with Crippen LogP contribution in [0.25, 0.3) is 0 Å². The first-order valence-electron chi connectivity index (χ1n) is 4.30. The molecule has 0 aromatic heterocycles. The summed E-state index contributed by atoms with van der Waals surface area (Å²) in [7, 11) is -0.833. The van der Waals surface area contributed by atoms with Crippen LogP contribution >= 0.6 is 8.25 Å². The van der Waals surface area contributed by atoms with Gasteiger partial charge in [-0.1, -0.05) is 20.8 Å². The summed E-state index contributed by atoms with van der Waals surface area (Å²) in [6.07, 6.45) is 0. The van der Waals surface area contributed by atoms with Crippen LogP contribution in [0.4, 0.5) is 0 Å². The minimum absolute atomic E-state index is 0.0544. The van der Waals surface area contributed by atoms with E-state index in [-0.39, 0.29) is 18.6 Å². The van der Waals surface area contributed by atoms with Crippen molar-refractivity contribution in [1.82, 2.24) is 0 Å². The molecule has 0 fully saturated rings. The molecule has 0 saturated carbocycles. The second-order valence-corrected chi connectivity index (χ2v) is 4.95. The fourth-order valence-corrected chi connectivity index (χ4v) is 1.00. The summed E-state index contributed by atoms with van der Waals surface area (Å²) in [6, 6.07) is 0. The molecule has 0 saturated heterocycles. The minimum Gasteiger partial charge on any atom is -0.394 e. The van der Waals surface area contributed by atoms with E-state index >= 15 is 0 Å². The standard InChI is InChI=1S/C6H15O3P.C2H6O2/c1-6(2,3)5-9-10(7)8-4;3-1-2-4/h10H,5H2,1-4H3;3-4H,1-2H2. The molecule has 1 atom stereocenters. The highest BCUT2D eigenvalue weighted by Gasteiger charge is 2.11. The van der Waals surface area contributed by atoms with Gasteiger partial charge in [-0.25, -0.2) is 0 Å². The Labute approximate surface area is 86.0 Å². The zero-order valence-electron chi connectivity index (χ0n) is 9.24. The van der Waals surface area contributed by atoms with E-state index in [0.29, 0.717) is 6.61 Å². The van der Waals surface area contributed by atoms with Gasteiger partial charge >= 0.3 is 8.25 Å². The molecule has 2 N–H and O–H groups in total. The van der Waals surface area contributed by atoms with E-state index in [9.17, 15) is 4.57 Å². The third-order valence-electron chi connectivity index (χ3n) is 0.890. The highest BCUT2D eigenvalue weighted by Crippen LogP contribution is 2.26. The fourth-order valence-electron chi connectivity index (χ4n) is 0.334. The molecule has 0 heterocycles. The molecule has 0 aliphatic carbocycles. The first kappa shape index (κ1) is 16.5. The molecule has 0 aromatic carbocycles. The van der Waals surface area contributed by atoms with Crippen molar-refractivity contribution >= 4 is 8.25 Å². The van der Waals surface area contributed by atoms with Crippen molar-refractivity contribution in [1.29, 1.82) is 0 Å². The van der Waals surface area contributed by atoms with E-state index in [4.69, 9.17) is 14.7 Å². The molecule has 0 rings (SSSR count). The summed E-state index contributed by atoms with van der Waals surface area (Å²) >= 11 is 0. The van der Waals surface area contributed by atoms with Crippen molar-refractivity contribution in [3.63, 3.8) is 0 Å². The van der Waals surface area contributed by atoms with E-state index in [1.165, 1.54) is 7.11 Å². The zero-order chi connectivity index (χ0) is 11.6. The highest BCUT2D eigenvalue weighted by molar-refractivity contribution is 7.33. The topological polar surface area (TPSA) is 76.0 Å². The molecular weight excluding hydrogens is 207 g/mol. The molecule has 6 heteroatoms. The van der Waals surface area contributed by atoms with Crippen LogP contribution in [0.3, 0.4) is 0 Å². The molecule has 88 valence electrons. The summed E-state index contributed by atoms with van der Waals surface area (Å²) in [5, 5.41) is 15.2. The normalized spacial score (nSPS) is 13.0. The molecule has 0 bridgehead atoms.